The number of aliphatic carboxylic acids is 1. The summed E-state index contributed by atoms with van der Waals surface area (Å²) < 4.78 is 37.0. The largest absolute Gasteiger partial charge is 0.490 e. The number of esters is 1. The Kier molecular flexibility index (Phi) is 6.84. The summed E-state index contributed by atoms with van der Waals surface area (Å²) in [5.41, 5.74) is 1.04. The lowest BCUT2D eigenvalue weighted by molar-refractivity contribution is -0.192. The van der Waals surface area contributed by atoms with E-state index in [0.29, 0.717) is 6.61 Å². The molecule has 22 heavy (non-hydrogen) atoms. The lowest BCUT2D eigenvalue weighted by atomic mass is 10.1. The number of halogens is 3. The zero-order valence-electron chi connectivity index (χ0n) is 11.6. The second-order valence-corrected chi connectivity index (χ2v) is 4.59. The van der Waals surface area contributed by atoms with Crippen LogP contribution in [0.2, 0.25) is 0 Å². The van der Waals surface area contributed by atoms with Crippen molar-refractivity contribution in [3.8, 4) is 0 Å². The van der Waals surface area contributed by atoms with Crippen LogP contribution in [-0.4, -0.2) is 36.3 Å². The highest BCUT2D eigenvalue weighted by Crippen LogP contribution is 2.13. The van der Waals surface area contributed by atoms with Crippen LogP contribution in [0.5, 0.6) is 0 Å². The van der Waals surface area contributed by atoms with Crippen LogP contribution in [-0.2, 0) is 20.9 Å². The van der Waals surface area contributed by atoms with Gasteiger partial charge in [0.05, 0.1) is 5.92 Å². The fourth-order valence-electron chi connectivity index (χ4n) is 1.70. The van der Waals surface area contributed by atoms with Gasteiger partial charge in [-0.25, -0.2) is 4.79 Å². The molecule has 0 saturated carbocycles. The molecule has 5 nitrogen and oxygen atoms in total. The molecule has 0 amide bonds. The van der Waals surface area contributed by atoms with E-state index in [1.54, 1.807) is 0 Å². The molecule has 1 atom stereocenters. The topological polar surface area (TPSA) is 75.6 Å². The number of carboxylic acid groups (broad SMARTS) is 1. The first-order valence-corrected chi connectivity index (χ1v) is 6.52. The summed E-state index contributed by atoms with van der Waals surface area (Å²) in [6.45, 7) is 2.06. The first-order valence-electron chi connectivity index (χ1n) is 6.52. The number of benzene rings is 1. The molecular weight excluding hydrogens is 303 g/mol. The lowest BCUT2D eigenvalue weighted by Gasteiger charge is -2.08. The summed E-state index contributed by atoms with van der Waals surface area (Å²) in [6, 6.07) is 9.76. The predicted octanol–water partition coefficient (Wildman–Crippen LogP) is 1.97. The van der Waals surface area contributed by atoms with Gasteiger partial charge in [0, 0.05) is 6.54 Å². The molecule has 0 aromatic heterocycles. The Balaban J connectivity index is 0.000000295. The molecule has 122 valence electrons. The normalized spacial score (nSPS) is 17.3. The van der Waals surface area contributed by atoms with Gasteiger partial charge >= 0.3 is 18.1 Å². The molecular formula is C14H16F3NO4. The van der Waals surface area contributed by atoms with E-state index in [1.807, 2.05) is 30.3 Å². The summed E-state index contributed by atoms with van der Waals surface area (Å²) in [4.78, 5) is 20.5. The van der Waals surface area contributed by atoms with Crippen LogP contribution in [0, 0.1) is 5.92 Å². The Morgan fingerprint density at radius 2 is 1.86 bits per heavy atom. The van der Waals surface area contributed by atoms with Gasteiger partial charge in [-0.15, -0.1) is 0 Å². The third kappa shape index (κ3) is 6.57. The van der Waals surface area contributed by atoms with E-state index in [9.17, 15) is 18.0 Å². The Hall–Kier alpha value is -2.09. The van der Waals surface area contributed by atoms with E-state index in [-0.39, 0.29) is 11.9 Å². The van der Waals surface area contributed by atoms with Crippen LogP contribution in [0.3, 0.4) is 0 Å². The van der Waals surface area contributed by atoms with Gasteiger partial charge in [-0.05, 0) is 18.5 Å². The molecule has 0 radical (unpaired) electrons. The van der Waals surface area contributed by atoms with E-state index in [2.05, 4.69) is 5.32 Å². The third-order valence-electron chi connectivity index (χ3n) is 2.86. The van der Waals surface area contributed by atoms with Gasteiger partial charge in [0.2, 0.25) is 0 Å². The first kappa shape index (κ1) is 18.0. The molecule has 1 fully saturated rings. The summed E-state index contributed by atoms with van der Waals surface area (Å²) in [7, 11) is 0. The highest BCUT2D eigenvalue weighted by molar-refractivity contribution is 5.73. The van der Waals surface area contributed by atoms with Crippen molar-refractivity contribution in [2.45, 2.75) is 19.2 Å². The Labute approximate surface area is 125 Å². The molecule has 0 bridgehead atoms. The van der Waals surface area contributed by atoms with Crippen molar-refractivity contribution < 1.29 is 32.6 Å². The molecule has 1 saturated heterocycles. The summed E-state index contributed by atoms with van der Waals surface area (Å²) in [5, 5.41) is 10.3. The number of rotatable bonds is 3. The standard InChI is InChI=1S/C12H15NO2.C2HF3O2/c14-12(11-6-7-13-8-11)15-9-10-4-2-1-3-5-10;3-2(4,5)1(6)7/h1-5,11,13H,6-9H2;(H,6,7)/t11-;/m0./s1. The van der Waals surface area contributed by atoms with Gasteiger partial charge in [0.1, 0.15) is 6.61 Å². The van der Waals surface area contributed by atoms with Crippen molar-refractivity contribution in [3.63, 3.8) is 0 Å². The zero-order chi connectivity index (χ0) is 16.6. The van der Waals surface area contributed by atoms with Crippen LogP contribution in [0.25, 0.3) is 0 Å². The van der Waals surface area contributed by atoms with Crippen molar-refractivity contribution in [2.24, 2.45) is 5.92 Å². The quantitative estimate of drug-likeness (QED) is 0.833. The summed E-state index contributed by atoms with van der Waals surface area (Å²) >= 11 is 0. The van der Waals surface area contributed by atoms with Gasteiger partial charge < -0.3 is 15.2 Å². The second kappa shape index (κ2) is 8.38. The van der Waals surface area contributed by atoms with Crippen LogP contribution >= 0.6 is 0 Å². The minimum absolute atomic E-state index is 0.0497. The molecule has 2 rings (SSSR count). The monoisotopic (exact) mass is 319 g/mol. The summed E-state index contributed by atoms with van der Waals surface area (Å²) in [5.74, 6) is -2.79. The zero-order valence-corrected chi connectivity index (χ0v) is 11.6. The number of carbonyl (C=O) groups excluding carboxylic acids is 1. The van der Waals surface area contributed by atoms with Crippen LogP contribution in [0.15, 0.2) is 30.3 Å². The predicted molar refractivity (Wildman–Crippen MR) is 70.9 cm³/mol. The van der Waals surface area contributed by atoms with E-state index in [1.165, 1.54) is 0 Å². The molecule has 1 heterocycles. The van der Waals surface area contributed by atoms with Crippen LogP contribution < -0.4 is 5.32 Å². The fourth-order valence-corrected chi connectivity index (χ4v) is 1.70. The van der Waals surface area contributed by atoms with E-state index >= 15 is 0 Å². The smallest absolute Gasteiger partial charge is 0.475 e. The minimum Gasteiger partial charge on any atom is -0.475 e. The minimum atomic E-state index is -5.08. The van der Waals surface area contributed by atoms with E-state index < -0.39 is 12.1 Å². The maximum absolute atomic E-state index is 11.6. The second-order valence-electron chi connectivity index (χ2n) is 4.59. The first-order chi connectivity index (χ1) is 10.3. The number of alkyl halides is 3. The van der Waals surface area contributed by atoms with E-state index in [0.717, 1.165) is 25.1 Å². The maximum atomic E-state index is 11.6. The average molecular weight is 319 g/mol. The number of carboxylic acids is 1. The molecule has 0 aliphatic carbocycles. The Bertz CT molecular complexity index is 485. The lowest BCUT2D eigenvalue weighted by Crippen LogP contribution is -2.21. The van der Waals surface area contributed by atoms with Gasteiger partial charge in [-0.2, -0.15) is 13.2 Å². The van der Waals surface area contributed by atoms with Crippen molar-refractivity contribution >= 4 is 11.9 Å². The van der Waals surface area contributed by atoms with Crippen molar-refractivity contribution in [1.82, 2.24) is 5.32 Å². The van der Waals surface area contributed by atoms with Gasteiger partial charge in [0.25, 0.3) is 0 Å². The summed E-state index contributed by atoms with van der Waals surface area (Å²) in [6.07, 6.45) is -4.19. The van der Waals surface area contributed by atoms with Crippen LogP contribution in [0.4, 0.5) is 13.2 Å². The highest BCUT2D eigenvalue weighted by atomic mass is 19.4. The van der Waals surface area contributed by atoms with Crippen molar-refractivity contribution in [3.05, 3.63) is 35.9 Å². The van der Waals surface area contributed by atoms with Gasteiger partial charge in [-0.3, -0.25) is 4.79 Å². The van der Waals surface area contributed by atoms with Gasteiger partial charge in [0.15, 0.2) is 0 Å². The molecule has 8 heteroatoms. The number of carbonyl (C=O) groups is 2. The van der Waals surface area contributed by atoms with E-state index in [4.69, 9.17) is 14.6 Å². The number of nitrogens with one attached hydrogen (secondary N) is 1. The molecule has 1 aliphatic heterocycles. The number of hydrogen-bond donors (Lipinski definition) is 2. The molecule has 1 aromatic carbocycles. The highest BCUT2D eigenvalue weighted by Gasteiger charge is 2.38. The van der Waals surface area contributed by atoms with Gasteiger partial charge in [-0.1, -0.05) is 30.3 Å². The number of hydrogen-bond acceptors (Lipinski definition) is 4. The number of ether oxygens (including phenoxy) is 1. The van der Waals surface area contributed by atoms with Crippen molar-refractivity contribution in [1.29, 1.82) is 0 Å². The van der Waals surface area contributed by atoms with Crippen LogP contribution in [0.1, 0.15) is 12.0 Å². The third-order valence-corrected chi connectivity index (χ3v) is 2.86. The molecule has 1 aliphatic rings. The fraction of sp³-hybridized carbons (Fsp3) is 0.429. The molecule has 0 spiro atoms. The Morgan fingerprint density at radius 3 is 2.32 bits per heavy atom. The average Bonchev–Trinajstić information content (AvgIpc) is 3.00. The Morgan fingerprint density at radius 1 is 1.27 bits per heavy atom. The van der Waals surface area contributed by atoms with Crippen molar-refractivity contribution in [2.75, 3.05) is 13.1 Å². The maximum Gasteiger partial charge on any atom is 0.490 e. The molecule has 0 unspecified atom stereocenters. The molecule has 1 aromatic rings. The molecule has 2 N–H and O–H groups in total. The SMILES string of the molecule is O=C(O)C(F)(F)F.O=C(OCc1ccccc1)[C@H]1CCNC1.